The quantitative estimate of drug-likeness (QED) is 0.512. The number of hydrogen-bond donors (Lipinski definition) is 1. The van der Waals surface area contributed by atoms with E-state index in [1.165, 1.54) is 32.1 Å². The Morgan fingerprint density at radius 2 is 1.88 bits per heavy atom. The molecule has 1 N–H and O–H groups in total. The monoisotopic (exact) mass is 263 g/mol. The Bertz CT molecular complexity index is 184. The summed E-state index contributed by atoms with van der Waals surface area (Å²) in [6.45, 7) is 3.23. The van der Waals surface area contributed by atoms with Crippen LogP contribution < -0.4 is 5.32 Å². The minimum Gasteiger partial charge on any atom is -0.385 e. The summed E-state index contributed by atoms with van der Waals surface area (Å²) in [5.74, 6) is 0.719. The lowest BCUT2D eigenvalue weighted by Gasteiger charge is -2.36. The second-order valence-corrected chi connectivity index (χ2v) is 5.13. The number of ether oxygens (including phenoxy) is 2. The molecule has 1 rings (SSSR count). The van der Waals surface area contributed by atoms with Crippen molar-refractivity contribution >= 4 is 11.6 Å². The topological polar surface area (TPSA) is 30.5 Å². The molecule has 0 heterocycles. The lowest BCUT2D eigenvalue weighted by atomic mass is 9.83. The van der Waals surface area contributed by atoms with Crippen LogP contribution in [0.2, 0.25) is 0 Å². The maximum Gasteiger partial charge on any atom is 0.0591 e. The van der Waals surface area contributed by atoms with Crippen LogP contribution in [0.25, 0.3) is 0 Å². The first-order chi connectivity index (χ1) is 8.33. The molecule has 0 saturated heterocycles. The molecule has 0 aromatic heterocycles. The molecule has 3 nitrogen and oxygen atoms in total. The standard InChI is InChI=1S/C13H26ClNO2/c1-16-9-5-10-17-11-8-15-13(12-14)6-3-2-4-7-13/h15H,2-12H2,1H3. The number of halogens is 1. The molecule has 0 atom stereocenters. The summed E-state index contributed by atoms with van der Waals surface area (Å²) < 4.78 is 10.5. The smallest absolute Gasteiger partial charge is 0.0591 e. The molecule has 0 spiro atoms. The zero-order chi connectivity index (χ0) is 12.4. The number of rotatable bonds is 9. The minimum atomic E-state index is 0.176. The van der Waals surface area contributed by atoms with Crippen molar-refractivity contribution < 1.29 is 9.47 Å². The Labute approximate surface area is 110 Å². The zero-order valence-corrected chi connectivity index (χ0v) is 11.7. The van der Waals surface area contributed by atoms with E-state index >= 15 is 0 Å². The van der Waals surface area contributed by atoms with E-state index in [-0.39, 0.29) is 5.54 Å². The molecule has 1 saturated carbocycles. The third-order valence-corrected chi connectivity index (χ3v) is 3.96. The van der Waals surface area contributed by atoms with Crippen molar-refractivity contribution in [1.82, 2.24) is 5.32 Å². The van der Waals surface area contributed by atoms with E-state index in [9.17, 15) is 0 Å². The van der Waals surface area contributed by atoms with Gasteiger partial charge in [-0.3, -0.25) is 0 Å². The highest BCUT2D eigenvalue weighted by Gasteiger charge is 2.29. The summed E-state index contributed by atoms with van der Waals surface area (Å²) >= 11 is 6.10. The van der Waals surface area contributed by atoms with Crippen molar-refractivity contribution in [3.05, 3.63) is 0 Å². The predicted octanol–water partition coefficient (Wildman–Crippen LogP) is 2.57. The maximum atomic E-state index is 6.10. The van der Waals surface area contributed by atoms with Gasteiger partial charge in [0, 0.05) is 38.3 Å². The Morgan fingerprint density at radius 1 is 1.12 bits per heavy atom. The van der Waals surface area contributed by atoms with Crippen LogP contribution in [-0.4, -0.2) is 44.9 Å². The van der Waals surface area contributed by atoms with Gasteiger partial charge in [0.05, 0.1) is 6.61 Å². The van der Waals surface area contributed by atoms with E-state index in [1.54, 1.807) is 7.11 Å². The van der Waals surface area contributed by atoms with E-state index in [2.05, 4.69) is 5.32 Å². The van der Waals surface area contributed by atoms with E-state index < -0.39 is 0 Å². The molecular weight excluding hydrogens is 238 g/mol. The Hall–Kier alpha value is 0.170. The average Bonchev–Trinajstić information content (AvgIpc) is 2.39. The van der Waals surface area contributed by atoms with Gasteiger partial charge in [-0.1, -0.05) is 19.3 Å². The van der Waals surface area contributed by atoms with Crippen molar-refractivity contribution in [3.63, 3.8) is 0 Å². The number of hydrogen-bond acceptors (Lipinski definition) is 3. The largest absolute Gasteiger partial charge is 0.385 e. The second kappa shape index (κ2) is 9.15. The molecule has 0 bridgehead atoms. The van der Waals surface area contributed by atoms with Crippen LogP contribution in [0.3, 0.4) is 0 Å². The highest BCUT2D eigenvalue weighted by Crippen LogP contribution is 2.28. The van der Waals surface area contributed by atoms with Gasteiger partial charge in [-0.15, -0.1) is 11.6 Å². The summed E-state index contributed by atoms with van der Waals surface area (Å²) in [6.07, 6.45) is 7.34. The summed E-state index contributed by atoms with van der Waals surface area (Å²) in [7, 11) is 1.72. The lowest BCUT2D eigenvalue weighted by Crippen LogP contribution is -2.49. The summed E-state index contributed by atoms with van der Waals surface area (Å²) in [6, 6.07) is 0. The molecule has 1 aliphatic carbocycles. The second-order valence-electron chi connectivity index (χ2n) is 4.86. The van der Waals surface area contributed by atoms with E-state index in [1.807, 2.05) is 0 Å². The Morgan fingerprint density at radius 3 is 2.53 bits per heavy atom. The fraction of sp³-hybridized carbons (Fsp3) is 1.00. The highest BCUT2D eigenvalue weighted by atomic mass is 35.5. The first kappa shape index (κ1) is 15.2. The number of methoxy groups -OCH3 is 1. The van der Waals surface area contributed by atoms with Gasteiger partial charge in [0.25, 0.3) is 0 Å². The van der Waals surface area contributed by atoms with Crippen molar-refractivity contribution in [2.24, 2.45) is 0 Å². The normalized spacial score (nSPS) is 19.4. The molecule has 0 aromatic rings. The predicted molar refractivity (Wildman–Crippen MR) is 71.9 cm³/mol. The number of nitrogens with one attached hydrogen (secondary N) is 1. The van der Waals surface area contributed by atoms with Crippen molar-refractivity contribution in [2.75, 3.05) is 39.4 Å². The van der Waals surface area contributed by atoms with E-state index in [0.717, 1.165) is 38.7 Å². The van der Waals surface area contributed by atoms with Crippen LogP contribution >= 0.6 is 11.6 Å². The highest BCUT2D eigenvalue weighted by molar-refractivity contribution is 6.18. The van der Waals surface area contributed by atoms with Gasteiger partial charge in [0.15, 0.2) is 0 Å². The van der Waals surface area contributed by atoms with Gasteiger partial charge in [-0.2, -0.15) is 0 Å². The molecule has 0 aliphatic heterocycles. The molecule has 0 amide bonds. The van der Waals surface area contributed by atoms with Gasteiger partial charge in [-0.25, -0.2) is 0 Å². The van der Waals surface area contributed by atoms with E-state index in [4.69, 9.17) is 21.1 Å². The van der Waals surface area contributed by atoms with Crippen molar-refractivity contribution in [2.45, 2.75) is 44.1 Å². The zero-order valence-electron chi connectivity index (χ0n) is 11.0. The van der Waals surface area contributed by atoms with Gasteiger partial charge in [-0.05, 0) is 19.3 Å². The molecular formula is C13H26ClNO2. The first-order valence-electron chi connectivity index (χ1n) is 6.71. The van der Waals surface area contributed by atoms with Crippen molar-refractivity contribution in [1.29, 1.82) is 0 Å². The van der Waals surface area contributed by atoms with Crippen LogP contribution in [0, 0.1) is 0 Å². The van der Waals surface area contributed by atoms with E-state index in [0.29, 0.717) is 0 Å². The maximum absolute atomic E-state index is 6.10. The molecule has 1 fully saturated rings. The Balaban J connectivity index is 2.03. The number of alkyl halides is 1. The Kier molecular flexibility index (Phi) is 8.19. The molecule has 17 heavy (non-hydrogen) atoms. The van der Waals surface area contributed by atoms with Crippen LogP contribution in [0.4, 0.5) is 0 Å². The van der Waals surface area contributed by atoms with Crippen LogP contribution in [0.15, 0.2) is 0 Å². The summed E-state index contributed by atoms with van der Waals surface area (Å²) in [5, 5.41) is 3.59. The summed E-state index contributed by atoms with van der Waals surface area (Å²) in [5.41, 5.74) is 0.176. The van der Waals surface area contributed by atoms with Gasteiger partial charge < -0.3 is 14.8 Å². The SMILES string of the molecule is COCCCOCCNC1(CCl)CCCCC1. The van der Waals surface area contributed by atoms with Gasteiger partial charge in [0.1, 0.15) is 0 Å². The van der Waals surface area contributed by atoms with Crippen molar-refractivity contribution in [3.8, 4) is 0 Å². The van der Waals surface area contributed by atoms with Crippen LogP contribution in [0.1, 0.15) is 38.5 Å². The average molecular weight is 264 g/mol. The van der Waals surface area contributed by atoms with Crippen LogP contribution in [-0.2, 0) is 9.47 Å². The molecule has 0 radical (unpaired) electrons. The summed E-state index contributed by atoms with van der Waals surface area (Å²) in [4.78, 5) is 0. The van der Waals surface area contributed by atoms with Crippen LogP contribution in [0.5, 0.6) is 0 Å². The molecule has 4 heteroatoms. The fourth-order valence-electron chi connectivity index (χ4n) is 2.38. The third kappa shape index (κ3) is 6.05. The molecule has 0 unspecified atom stereocenters. The molecule has 0 aromatic carbocycles. The molecule has 1 aliphatic rings. The lowest BCUT2D eigenvalue weighted by molar-refractivity contribution is 0.0979. The fourth-order valence-corrected chi connectivity index (χ4v) is 2.74. The van der Waals surface area contributed by atoms with Gasteiger partial charge >= 0.3 is 0 Å². The minimum absolute atomic E-state index is 0.176. The first-order valence-corrected chi connectivity index (χ1v) is 7.24. The van der Waals surface area contributed by atoms with Gasteiger partial charge in [0.2, 0.25) is 0 Å². The third-order valence-electron chi connectivity index (χ3n) is 3.45. The molecule has 102 valence electrons.